The molecule has 2 nitrogen and oxygen atoms in total. The van der Waals surface area contributed by atoms with Gasteiger partial charge in [-0.25, -0.2) is 4.98 Å². The fourth-order valence-electron chi connectivity index (χ4n) is 1.88. The first-order valence-electron chi connectivity index (χ1n) is 4.87. The molecule has 0 radical (unpaired) electrons. The summed E-state index contributed by atoms with van der Waals surface area (Å²) in [6.07, 6.45) is 3.40. The van der Waals surface area contributed by atoms with Crippen molar-refractivity contribution in [1.29, 1.82) is 0 Å². The number of nitrogens with two attached hydrogens (primary N) is 1. The third kappa shape index (κ3) is 1.23. The van der Waals surface area contributed by atoms with Gasteiger partial charge in [0, 0.05) is 22.7 Å². The lowest BCUT2D eigenvalue weighted by Crippen LogP contribution is -2.44. The molecular weight excluding hydrogens is 179 g/mol. The van der Waals surface area contributed by atoms with Gasteiger partial charge in [0.15, 0.2) is 0 Å². The largest absolute Gasteiger partial charge is 0.324 e. The normalized spacial score (nSPS) is 19.4. The minimum absolute atomic E-state index is 0.239. The summed E-state index contributed by atoms with van der Waals surface area (Å²) >= 11 is 0. The van der Waals surface area contributed by atoms with Crippen LogP contribution < -0.4 is 5.73 Å². The first-order valence-corrected chi connectivity index (χ1v) is 4.87. The fraction of sp³-hybridized carbons (Fsp3) is 0.545. The Morgan fingerprint density at radius 2 is 2.14 bits per heavy atom. The Labute approximate surface area is 83.3 Å². The summed E-state index contributed by atoms with van der Waals surface area (Å²) in [6, 6.07) is 3.53. The zero-order valence-corrected chi connectivity index (χ0v) is 8.55. The van der Waals surface area contributed by atoms with Crippen molar-refractivity contribution in [3.63, 3.8) is 0 Å². The number of nitrogens with zero attached hydrogens (tertiary/aromatic N) is 1. The van der Waals surface area contributed by atoms with Crippen LogP contribution in [-0.2, 0) is 5.41 Å². The minimum atomic E-state index is -0.394. The highest BCUT2D eigenvalue weighted by Gasteiger charge is 2.52. The zero-order valence-electron chi connectivity index (χ0n) is 8.55. The maximum Gasteiger partial charge on any atom is 0.216 e. The molecule has 0 aliphatic heterocycles. The predicted octanol–water partition coefficient (Wildman–Crippen LogP) is 1.99. The number of hydrogen-bond donors (Lipinski definition) is 1. The van der Waals surface area contributed by atoms with Gasteiger partial charge in [-0.05, 0) is 18.9 Å². The molecule has 0 aromatic carbocycles. The quantitative estimate of drug-likeness (QED) is 0.731. The second-order valence-electron chi connectivity index (χ2n) is 4.62. The third-order valence-corrected chi connectivity index (χ3v) is 3.47. The van der Waals surface area contributed by atoms with E-state index in [1.54, 1.807) is 12.1 Å². The molecule has 1 aliphatic carbocycles. The van der Waals surface area contributed by atoms with E-state index >= 15 is 0 Å². The maximum atomic E-state index is 13.5. The molecule has 1 aromatic rings. The average molecular weight is 194 g/mol. The fourth-order valence-corrected chi connectivity index (χ4v) is 1.88. The summed E-state index contributed by atoms with van der Waals surface area (Å²) < 4.78 is 13.5. The molecule has 1 aromatic heterocycles. The molecule has 1 heterocycles. The van der Waals surface area contributed by atoms with Crippen LogP contribution in [0.4, 0.5) is 4.39 Å². The van der Waals surface area contributed by atoms with Gasteiger partial charge in [-0.1, -0.05) is 19.9 Å². The Morgan fingerprint density at radius 3 is 2.64 bits per heavy atom. The summed E-state index contributed by atoms with van der Waals surface area (Å²) in [4.78, 5) is 3.66. The van der Waals surface area contributed by atoms with Gasteiger partial charge in [-0.3, -0.25) is 0 Å². The van der Waals surface area contributed by atoms with Crippen LogP contribution in [0.2, 0.25) is 0 Å². The van der Waals surface area contributed by atoms with Gasteiger partial charge in [0.25, 0.3) is 0 Å². The van der Waals surface area contributed by atoms with Crippen LogP contribution in [0.1, 0.15) is 32.3 Å². The molecule has 1 fully saturated rings. The van der Waals surface area contributed by atoms with Crippen LogP contribution in [0.15, 0.2) is 18.3 Å². The predicted molar refractivity (Wildman–Crippen MR) is 53.4 cm³/mol. The van der Waals surface area contributed by atoms with Crippen LogP contribution in [-0.4, -0.2) is 10.5 Å². The lowest BCUT2D eigenvalue weighted by atomic mass is 9.76. The Bertz CT molecular complexity index is 356. The van der Waals surface area contributed by atoms with Crippen molar-refractivity contribution < 1.29 is 4.39 Å². The molecule has 14 heavy (non-hydrogen) atoms. The molecule has 0 spiro atoms. The van der Waals surface area contributed by atoms with Gasteiger partial charge in [0.1, 0.15) is 0 Å². The maximum absolute atomic E-state index is 13.5. The molecule has 0 bridgehead atoms. The van der Waals surface area contributed by atoms with E-state index in [2.05, 4.69) is 4.98 Å². The molecule has 0 amide bonds. The number of hydrogen-bond acceptors (Lipinski definition) is 2. The van der Waals surface area contributed by atoms with Crippen molar-refractivity contribution in [2.75, 3.05) is 0 Å². The average Bonchev–Trinajstić information content (AvgIpc) is 2.86. The van der Waals surface area contributed by atoms with Crippen molar-refractivity contribution in [1.82, 2.24) is 4.98 Å². The van der Waals surface area contributed by atoms with E-state index in [1.165, 1.54) is 6.20 Å². The summed E-state index contributed by atoms with van der Waals surface area (Å²) in [5.74, 6) is -0.394. The summed E-state index contributed by atoms with van der Waals surface area (Å²) in [5.41, 5.74) is 6.19. The topological polar surface area (TPSA) is 38.9 Å². The SMILES string of the molecule is CC(C)(c1cccnc1F)C1(N)CC1. The van der Waals surface area contributed by atoms with Crippen molar-refractivity contribution >= 4 is 0 Å². The van der Waals surface area contributed by atoms with Crippen LogP contribution in [0.3, 0.4) is 0 Å². The third-order valence-electron chi connectivity index (χ3n) is 3.47. The summed E-state index contributed by atoms with van der Waals surface area (Å²) in [7, 11) is 0. The lowest BCUT2D eigenvalue weighted by Gasteiger charge is -2.32. The van der Waals surface area contributed by atoms with Gasteiger partial charge >= 0.3 is 0 Å². The molecule has 76 valence electrons. The van der Waals surface area contributed by atoms with Gasteiger partial charge in [0.05, 0.1) is 0 Å². The molecule has 2 N–H and O–H groups in total. The van der Waals surface area contributed by atoms with E-state index in [0.717, 1.165) is 12.8 Å². The van der Waals surface area contributed by atoms with Crippen LogP contribution in [0.25, 0.3) is 0 Å². The Balaban J connectivity index is 2.44. The van der Waals surface area contributed by atoms with E-state index in [9.17, 15) is 4.39 Å². The van der Waals surface area contributed by atoms with Gasteiger partial charge in [-0.2, -0.15) is 4.39 Å². The number of halogens is 1. The zero-order chi connectivity index (χ0) is 10.4. The standard InChI is InChI=1S/C11H15FN2/c1-10(2,11(13)5-6-11)8-4-3-7-14-9(8)12/h3-4,7H,5-6,13H2,1-2H3. The van der Waals surface area contributed by atoms with Crippen molar-refractivity contribution in [2.45, 2.75) is 37.6 Å². The van der Waals surface area contributed by atoms with Crippen molar-refractivity contribution in [3.05, 3.63) is 29.8 Å². The summed E-state index contributed by atoms with van der Waals surface area (Å²) in [5, 5.41) is 0. The number of pyridine rings is 1. The first-order chi connectivity index (χ1) is 6.47. The molecule has 0 atom stereocenters. The Morgan fingerprint density at radius 1 is 1.50 bits per heavy atom. The molecule has 0 unspecified atom stereocenters. The van der Waals surface area contributed by atoms with Gasteiger partial charge in [0.2, 0.25) is 5.95 Å². The molecule has 1 aliphatic rings. The molecule has 2 rings (SSSR count). The van der Waals surface area contributed by atoms with Crippen molar-refractivity contribution in [3.8, 4) is 0 Å². The van der Waals surface area contributed by atoms with Crippen molar-refractivity contribution in [2.24, 2.45) is 5.73 Å². The second kappa shape index (κ2) is 2.76. The molecular formula is C11H15FN2. The highest BCUT2D eigenvalue weighted by molar-refractivity contribution is 5.31. The Kier molecular flexibility index (Phi) is 1.89. The van der Waals surface area contributed by atoms with E-state index in [1.807, 2.05) is 13.8 Å². The van der Waals surface area contributed by atoms with E-state index in [-0.39, 0.29) is 11.0 Å². The lowest BCUT2D eigenvalue weighted by molar-refractivity contribution is 0.369. The monoisotopic (exact) mass is 194 g/mol. The molecule has 0 saturated heterocycles. The second-order valence-corrected chi connectivity index (χ2v) is 4.62. The van der Waals surface area contributed by atoms with Crippen LogP contribution in [0.5, 0.6) is 0 Å². The summed E-state index contributed by atoms with van der Waals surface area (Å²) in [6.45, 7) is 3.97. The molecule has 1 saturated carbocycles. The van der Waals surface area contributed by atoms with Crippen LogP contribution in [0, 0.1) is 5.95 Å². The first kappa shape index (κ1) is 9.59. The van der Waals surface area contributed by atoms with E-state index < -0.39 is 5.95 Å². The van der Waals surface area contributed by atoms with E-state index in [0.29, 0.717) is 5.56 Å². The van der Waals surface area contributed by atoms with Crippen LogP contribution >= 0.6 is 0 Å². The number of aromatic nitrogens is 1. The highest BCUT2D eigenvalue weighted by Crippen LogP contribution is 2.49. The number of rotatable bonds is 2. The van der Waals surface area contributed by atoms with Gasteiger partial charge < -0.3 is 5.73 Å². The van der Waals surface area contributed by atoms with Gasteiger partial charge in [-0.15, -0.1) is 0 Å². The Hall–Kier alpha value is -0.960. The molecule has 3 heteroatoms. The smallest absolute Gasteiger partial charge is 0.216 e. The minimum Gasteiger partial charge on any atom is -0.324 e. The van der Waals surface area contributed by atoms with E-state index in [4.69, 9.17) is 5.73 Å². The highest BCUT2D eigenvalue weighted by atomic mass is 19.1.